The van der Waals surface area contributed by atoms with Crippen LogP contribution < -0.4 is 5.32 Å². The highest BCUT2D eigenvalue weighted by atomic mass is 16.1. The van der Waals surface area contributed by atoms with Crippen molar-refractivity contribution in [2.45, 2.75) is 39.5 Å². The van der Waals surface area contributed by atoms with Gasteiger partial charge in [-0.1, -0.05) is 13.0 Å². The molecular weight excluding hydrogens is 310 g/mol. The van der Waals surface area contributed by atoms with Gasteiger partial charge in [0.2, 0.25) is 5.91 Å². The van der Waals surface area contributed by atoms with E-state index in [9.17, 15) is 4.79 Å². The number of likely N-dealkylation sites (tertiary alicyclic amines) is 1. The quantitative estimate of drug-likeness (QED) is 0.864. The van der Waals surface area contributed by atoms with Crippen molar-refractivity contribution >= 4 is 22.5 Å². The largest absolute Gasteiger partial charge is 0.359 e. The zero-order valence-corrected chi connectivity index (χ0v) is 15.3. The number of carbonyl (C=O) groups excluding carboxylic acids is 1. The molecule has 1 aromatic heterocycles. The van der Waals surface area contributed by atoms with E-state index in [1.807, 2.05) is 6.20 Å². The minimum atomic E-state index is -0.0232. The van der Waals surface area contributed by atoms with Gasteiger partial charge in [0.25, 0.3) is 0 Å². The van der Waals surface area contributed by atoms with Gasteiger partial charge in [-0.2, -0.15) is 0 Å². The van der Waals surface area contributed by atoms with Gasteiger partial charge >= 0.3 is 0 Å². The highest BCUT2D eigenvalue weighted by Crippen LogP contribution is 2.43. The molecule has 25 heavy (non-hydrogen) atoms. The number of carbonyl (C=O) groups is 1. The van der Waals surface area contributed by atoms with Crippen molar-refractivity contribution < 1.29 is 4.79 Å². The number of hydrogen-bond acceptors (Lipinski definition) is 2. The van der Waals surface area contributed by atoms with Gasteiger partial charge < -0.3 is 15.2 Å². The third-order valence-electron chi connectivity index (χ3n) is 6.27. The molecule has 1 aliphatic heterocycles. The van der Waals surface area contributed by atoms with Gasteiger partial charge in [-0.05, 0) is 67.7 Å². The summed E-state index contributed by atoms with van der Waals surface area (Å²) in [5.41, 5.74) is 3.35. The van der Waals surface area contributed by atoms with Crippen molar-refractivity contribution in [1.29, 1.82) is 0 Å². The van der Waals surface area contributed by atoms with Crippen LogP contribution in [0.3, 0.4) is 0 Å². The summed E-state index contributed by atoms with van der Waals surface area (Å²) < 4.78 is 0. The Balaban J connectivity index is 1.38. The molecule has 1 aliphatic carbocycles. The van der Waals surface area contributed by atoms with Gasteiger partial charge in [-0.15, -0.1) is 0 Å². The summed E-state index contributed by atoms with van der Waals surface area (Å²) in [7, 11) is 0. The summed E-state index contributed by atoms with van der Waals surface area (Å²) in [5.74, 6) is 2.77. The second-order valence-corrected chi connectivity index (χ2v) is 8.01. The zero-order valence-electron chi connectivity index (χ0n) is 15.3. The summed E-state index contributed by atoms with van der Waals surface area (Å²) in [6.45, 7) is 7.70. The van der Waals surface area contributed by atoms with E-state index >= 15 is 0 Å². The van der Waals surface area contributed by atoms with Crippen LogP contribution in [0.2, 0.25) is 0 Å². The van der Waals surface area contributed by atoms with E-state index < -0.39 is 0 Å². The Morgan fingerprint density at radius 2 is 2.04 bits per heavy atom. The van der Waals surface area contributed by atoms with E-state index in [1.54, 1.807) is 6.92 Å². The molecule has 1 unspecified atom stereocenters. The monoisotopic (exact) mass is 339 g/mol. The fraction of sp³-hybridized carbons (Fsp3) is 0.571. The lowest BCUT2D eigenvalue weighted by atomic mass is 9.96. The van der Waals surface area contributed by atoms with E-state index in [4.69, 9.17) is 0 Å². The van der Waals surface area contributed by atoms with E-state index in [0.717, 1.165) is 40.8 Å². The van der Waals surface area contributed by atoms with E-state index in [-0.39, 0.29) is 5.91 Å². The Morgan fingerprint density at radius 1 is 1.28 bits per heavy atom. The van der Waals surface area contributed by atoms with Crippen molar-refractivity contribution in [2.75, 3.05) is 25.0 Å². The maximum atomic E-state index is 11.4. The third kappa shape index (κ3) is 3.45. The maximum Gasteiger partial charge on any atom is 0.221 e. The SMILES string of the molecule is CCN1C[C@H]2CC(CCc3ccc4[nH]cc(NC(C)=O)c4c3)C[C@H]2C1. The number of aromatic nitrogens is 1. The van der Waals surface area contributed by atoms with Crippen LogP contribution in [0.4, 0.5) is 5.69 Å². The molecule has 2 aliphatic rings. The molecular formula is C21H29N3O. The van der Waals surface area contributed by atoms with Crippen molar-refractivity contribution in [1.82, 2.24) is 9.88 Å². The second kappa shape index (κ2) is 6.83. The molecule has 2 fully saturated rings. The Labute approximate surface area is 150 Å². The van der Waals surface area contributed by atoms with Crippen LogP contribution in [0.25, 0.3) is 10.9 Å². The predicted molar refractivity (Wildman–Crippen MR) is 103 cm³/mol. The number of amides is 1. The van der Waals surface area contributed by atoms with Gasteiger partial charge in [-0.25, -0.2) is 0 Å². The molecule has 0 bridgehead atoms. The van der Waals surface area contributed by atoms with E-state index in [2.05, 4.69) is 40.3 Å². The van der Waals surface area contributed by atoms with Crippen LogP contribution in [0.5, 0.6) is 0 Å². The molecule has 134 valence electrons. The Hall–Kier alpha value is -1.81. The Bertz CT molecular complexity index is 752. The van der Waals surface area contributed by atoms with E-state index in [0.29, 0.717) is 0 Å². The van der Waals surface area contributed by atoms with E-state index in [1.165, 1.54) is 44.5 Å². The van der Waals surface area contributed by atoms with Gasteiger partial charge in [-0.3, -0.25) is 4.79 Å². The van der Waals surface area contributed by atoms with Crippen LogP contribution in [0.15, 0.2) is 24.4 Å². The summed E-state index contributed by atoms with van der Waals surface area (Å²) in [5, 5.41) is 4.03. The number of benzene rings is 1. The maximum absolute atomic E-state index is 11.4. The summed E-state index contributed by atoms with van der Waals surface area (Å²) in [4.78, 5) is 17.2. The number of nitrogens with one attached hydrogen (secondary N) is 2. The molecule has 4 heteroatoms. The number of aromatic amines is 1. The van der Waals surface area contributed by atoms with Crippen molar-refractivity contribution in [3.8, 4) is 0 Å². The molecule has 3 atom stereocenters. The van der Waals surface area contributed by atoms with Gasteiger partial charge in [0.15, 0.2) is 0 Å². The normalized spacial score (nSPS) is 26.2. The van der Waals surface area contributed by atoms with Gasteiger partial charge in [0, 0.05) is 37.1 Å². The highest BCUT2D eigenvalue weighted by molar-refractivity contribution is 6.01. The summed E-state index contributed by atoms with van der Waals surface area (Å²) in [6, 6.07) is 6.61. The lowest BCUT2D eigenvalue weighted by molar-refractivity contribution is -0.114. The molecule has 4 rings (SSSR count). The number of fused-ring (bicyclic) bond motifs is 2. The molecule has 1 saturated heterocycles. The first kappa shape index (κ1) is 16.6. The van der Waals surface area contributed by atoms with Crippen LogP contribution in [0, 0.1) is 17.8 Å². The highest BCUT2D eigenvalue weighted by Gasteiger charge is 2.39. The number of rotatable bonds is 5. The first-order valence-corrected chi connectivity index (χ1v) is 9.72. The number of H-pyrrole nitrogens is 1. The molecule has 0 spiro atoms. The minimum absolute atomic E-state index is 0.0232. The summed E-state index contributed by atoms with van der Waals surface area (Å²) >= 11 is 0. The molecule has 1 amide bonds. The second-order valence-electron chi connectivity index (χ2n) is 8.01. The molecule has 0 radical (unpaired) electrons. The summed E-state index contributed by atoms with van der Waals surface area (Å²) in [6.07, 6.45) is 7.16. The molecule has 1 saturated carbocycles. The average molecular weight is 339 g/mol. The van der Waals surface area contributed by atoms with Crippen LogP contribution in [-0.4, -0.2) is 35.4 Å². The third-order valence-corrected chi connectivity index (χ3v) is 6.27. The minimum Gasteiger partial charge on any atom is -0.359 e. The van der Waals surface area contributed by atoms with Crippen molar-refractivity contribution in [3.05, 3.63) is 30.0 Å². The predicted octanol–water partition coefficient (Wildman–Crippen LogP) is 4.04. The van der Waals surface area contributed by atoms with Gasteiger partial charge in [0.05, 0.1) is 5.69 Å². The Kier molecular flexibility index (Phi) is 4.55. The number of anilines is 1. The topological polar surface area (TPSA) is 48.1 Å². The number of hydrogen-bond donors (Lipinski definition) is 2. The molecule has 2 aromatic rings. The van der Waals surface area contributed by atoms with Crippen LogP contribution in [-0.2, 0) is 11.2 Å². The van der Waals surface area contributed by atoms with Crippen molar-refractivity contribution in [3.63, 3.8) is 0 Å². The fourth-order valence-corrected chi connectivity index (χ4v) is 5.00. The molecule has 2 N–H and O–H groups in total. The number of nitrogens with zero attached hydrogens (tertiary/aromatic N) is 1. The molecule has 1 aromatic carbocycles. The molecule has 4 nitrogen and oxygen atoms in total. The first-order chi connectivity index (χ1) is 12.1. The molecule has 2 heterocycles. The average Bonchev–Trinajstić information content (AvgIpc) is 3.25. The zero-order chi connectivity index (χ0) is 17.4. The van der Waals surface area contributed by atoms with Crippen LogP contribution >= 0.6 is 0 Å². The van der Waals surface area contributed by atoms with Gasteiger partial charge in [0.1, 0.15) is 0 Å². The Morgan fingerprint density at radius 3 is 2.72 bits per heavy atom. The lowest BCUT2D eigenvalue weighted by Gasteiger charge is -2.16. The first-order valence-electron chi connectivity index (χ1n) is 9.72. The van der Waals surface area contributed by atoms with Crippen molar-refractivity contribution in [2.24, 2.45) is 17.8 Å². The standard InChI is InChI=1S/C21H29N3O/c1-3-24-12-17-8-16(9-18(17)13-24)5-4-15-6-7-20-19(10-15)21(11-22-20)23-14(2)25/h6-7,10-11,16-18,22H,3-5,8-9,12-13H2,1-2H3,(H,23,25)/t16?,17-,18+. The lowest BCUT2D eigenvalue weighted by Crippen LogP contribution is -2.21. The smallest absolute Gasteiger partial charge is 0.221 e. The van der Waals surface area contributed by atoms with Crippen LogP contribution in [0.1, 0.15) is 38.7 Å². The fourth-order valence-electron chi connectivity index (χ4n) is 5.00. The number of aryl methyl sites for hydroxylation is 1.